The summed E-state index contributed by atoms with van der Waals surface area (Å²) in [5.74, 6) is -0.451. The number of carboxylic acids is 1. The molecular formula is C10H12N2O3. The van der Waals surface area contributed by atoms with Crippen molar-refractivity contribution in [3.63, 3.8) is 0 Å². The van der Waals surface area contributed by atoms with Crippen molar-refractivity contribution < 1.29 is 9.90 Å². The van der Waals surface area contributed by atoms with Crippen LogP contribution in [0, 0.1) is 0 Å². The maximum Gasteiger partial charge on any atom is 0.343 e. The maximum atomic E-state index is 11.5. The highest BCUT2D eigenvalue weighted by atomic mass is 16.4. The van der Waals surface area contributed by atoms with Crippen LogP contribution in [-0.4, -0.2) is 20.6 Å². The Morgan fingerprint density at radius 3 is 2.93 bits per heavy atom. The van der Waals surface area contributed by atoms with E-state index in [0.717, 1.165) is 25.2 Å². The summed E-state index contributed by atoms with van der Waals surface area (Å²) < 4.78 is 1.87. The lowest BCUT2D eigenvalue weighted by Crippen LogP contribution is -2.26. The Kier molecular flexibility index (Phi) is 2.30. The highest BCUT2D eigenvalue weighted by Crippen LogP contribution is 2.16. The number of nitrogens with zero attached hydrogens (tertiary/aromatic N) is 2. The first-order valence-electron chi connectivity index (χ1n) is 5.01. The molecule has 80 valence electrons. The van der Waals surface area contributed by atoms with Crippen molar-refractivity contribution in [2.45, 2.75) is 32.7 Å². The van der Waals surface area contributed by atoms with Crippen molar-refractivity contribution >= 4 is 5.97 Å². The SMILES string of the molecule is CCc1c(C(=O)O)c(=O)nc2n1CCC2. The van der Waals surface area contributed by atoms with Crippen LogP contribution in [0.2, 0.25) is 0 Å². The maximum absolute atomic E-state index is 11.5. The van der Waals surface area contributed by atoms with Crippen molar-refractivity contribution in [2.75, 3.05) is 0 Å². The Hall–Kier alpha value is -1.65. The van der Waals surface area contributed by atoms with Gasteiger partial charge in [0.2, 0.25) is 0 Å². The number of aromatic nitrogens is 2. The highest BCUT2D eigenvalue weighted by Gasteiger charge is 2.23. The van der Waals surface area contributed by atoms with E-state index < -0.39 is 11.5 Å². The van der Waals surface area contributed by atoms with Gasteiger partial charge >= 0.3 is 5.97 Å². The number of carbonyl (C=O) groups is 1. The Morgan fingerprint density at radius 2 is 2.33 bits per heavy atom. The van der Waals surface area contributed by atoms with Crippen molar-refractivity contribution in [1.29, 1.82) is 0 Å². The van der Waals surface area contributed by atoms with E-state index in [9.17, 15) is 9.59 Å². The van der Waals surface area contributed by atoms with Crippen molar-refractivity contribution in [2.24, 2.45) is 0 Å². The number of rotatable bonds is 2. The third-order valence-corrected chi connectivity index (χ3v) is 2.70. The molecule has 1 N–H and O–H groups in total. The quantitative estimate of drug-likeness (QED) is 0.765. The number of fused-ring (bicyclic) bond motifs is 1. The van der Waals surface area contributed by atoms with Crippen LogP contribution in [0.25, 0.3) is 0 Å². The predicted molar refractivity (Wildman–Crippen MR) is 53.2 cm³/mol. The molecule has 5 nitrogen and oxygen atoms in total. The number of carboxylic acid groups (broad SMARTS) is 1. The number of hydrogen-bond acceptors (Lipinski definition) is 3. The summed E-state index contributed by atoms with van der Waals surface area (Å²) in [7, 11) is 0. The molecule has 2 rings (SSSR count). The molecule has 0 amide bonds. The number of hydrogen-bond donors (Lipinski definition) is 1. The molecule has 15 heavy (non-hydrogen) atoms. The van der Waals surface area contributed by atoms with Gasteiger partial charge in [0.25, 0.3) is 5.56 Å². The minimum Gasteiger partial charge on any atom is -0.477 e. The fraction of sp³-hybridized carbons (Fsp3) is 0.500. The summed E-state index contributed by atoms with van der Waals surface area (Å²) in [6.07, 6.45) is 2.25. The summed E-state index contributed by atoms with van der Waals surface area (Å²) in [5.41, 5.74) is -0.161. The molecule has 0 bridgehead atoms. The summed E-state index contributed by atoms with van der Waals surface area (Å²) in [5, 5.41) is 8.96. The van der Waals surface area contributed by atoms with Gasteiger partial charge in [-0.15, -0.1) is 0 Å². The fourth-order valence-electron chi connectivity index (χ4n) is 2.08. The molecular weight excluding hydrogens is 196 g/mol. The first-order valence-corrected chi connectivity index (χ1v) is 5.01. The average molecular weight is 208 g/mol. The first kappa shape index (κ1) is 9.89. The zero-order valence-electron chi connectivity index (χ0n) is 8.49. The minimum absolute atomic E-state index is 0.164. The number of aryl methyl sites for hydroxylation is 1. The van der Waals surface area contributed by atoms with Crippen LogP contribution in [0.1, 0.15) is 35.2 Å². The van der Waals surface area contributed by atoms with Gasteiger partial charge in [-0.3, -0.25) is 4.79 Å². The van der Waals surface area contributed by atoms with Gasteiger partial charge in [-0.25, -0.2) is 4.79 Å². The molecule has 0 unspecified atom stereocenters. The molecule has 0 aliphatic carbocycles. The fourth-order valence-corrected chi connectivity index (χ4v) is 2.08. The van der Waals surface area contributed by atoms with Crippen LogP contribution in [0.5, 0.6) is 0 Å². The van der Waals surface area contributed by atoms with Gasteiger partial charge < -0.3 is 9.67 Å². The zero-order valence-corrected chi connectivity index (χ0v) is 8.49. The lowest BCUT2D eigenvalue weighted by atomic mass is 10.2. The van der Waals surface area contributed by atoms with E-state index in [1.165, 1.54) is 0 Å². The molecule has 0 spiro atoms. The van der Waals surface area contributed by atoms with Gasteiger partial charge in [0.05, 0.1) is 0 Å². The van der Waals surface area contributed by atoms with Gasteiger partial charge in [0, 0.05) is 18.7 Å². The standard InChI is InChI=1S/C10H12N2O3/c1-2-6-8(10(14)15)9(13)11-7-4-3-5-12(6)7/h2-5H2,1H3,(H,14,15). The normalized spacial score (nSPS) is 13.9. The second kappa shape index (κ2) is 3.49. The average Bonchev–Trinajstić information content (AvgIpc) is 2.62. The van der Waals surface area contributed by atoms with E-state index in [0.29, 0.717) is 12.1 Å². The monoisotopic (exact) mass is 208 g/mol. The Bertz CT molecular complexity index is 476. The minimum atomic E-state index is -1.17. The third-order valence-electron chi connectivity index (χ3n) is 2.70. The van der Waals surface area contributed by atoms with Crippen LogP contribution < -0.4 is 5.56 Å². The van der Waals surface area contributed by atoms with E-state index in [-0.39, 0.29) is 5.56 Å². The first-order chi connectivity index (χ1) is 7.15. The number of aromatic carboxylic acids is 1. The predicted octanol–water partition coefficient (Wildman–Crippen LogP) is 0.450. The summed E-state index contributed by atoms with van der Waals surface area (Å²) in [6.45, 7) is 2.62. The summed E-state index contributed by atoms with van der Waals surface area (Å²) in [4.78, 5) is 26.3. The molecule has 0 radical (unpaired) electrons. The Morgan fingerprint density at radius 1 is 1.60 bits per heavy atom. The molecule has 0 saturated carbocycles. The van der Waals surface area contributed by atoms with Gasteiger partial charge in [-0.1, -0.05) is 6.92 Å². The molecule has 0 fully saturated rings. The van der Waals surface area contributed by atoms with E-state index in [1.54, 1.807) is 0 Å². The van der Waals surface area contributed by atoms with E-state index in [2.05, 4.69) is 4.98 Å². The van der Waals surface area contributed by atoms with Crippen LogP contribution in [-0.2, 0) is 19.4 Å². The zero-order chi connectivity index (χ0) is 11.0. The molecule has 1 aliphatic rings. The van der Waals surface area contributed by atoms with Crippen LogP contribution in [0.4, 0.5) is 0 Å². The molecule has 2 heterocycles. The molecule has 0 atom stereocenters. The van der Waals surface area contributed by atoms with Crippen LogP contribution >= 0.6 is 0 Å². The van der Waals surface area contributed by atoms with E-state index >= 15 is 0 Å². The third kappa shape index (κ3) is 1.44. The summed E-state index contributed by atoms with van der Waals surface area (Å²) in [6, 6.07) is 0. The van der Waals surface area contributed by atoms with Crippen LogP contribution in [0.3, 0.4) is 0 Å². The molecule has 0 aromatic carbocycles. The smallest absolute Gasteiger partial charge is 0.343 e. The molecule has 5 heteroatoms. The molecule has 0 saturated heterocycles. The summed E-state index contributed by atoms with van der Waals surface area (Å²) >= 11 is 0. The van der Waals surface area contributed by atoms with E-state index in [4.69, 9.17) is 5.11 Å². The molecule has 1 aromatic heterocycles. The topological polar surface area (TPSA) is 72.2 Å². The molecule has 1 aliphatic heterocycles. The Balaban J connectivity index is 2.75. The lowest BCUT2D eigenvalue weighted by molar-refractivity contribution is 0.0692. The van der Waals surface area contributed by atoms with Gasteiger partial charge in [-0.2, -0.15) is 4.98 Å². The largest absolute Gasteiger partial charge is 0.477 e. The van der Waals surface area contributed by atoms with Crippen LogP contribution in [0.15, 0.2) is 4.79 Å². The molecule has 1 aromatic rings. The van der Waals surface area contributed by atoms with Gasteiger partial charge in [-0.05, 0) is 12.8 Å². The Labute approximate surface area is 86.4 Å². The van der Waals surface area contributed by atoms with Gasteiger partial charge in [0.1, 0.15) is 11.4 Å². The highest BCUT2D eigenvalue weighted by molar-refractivity contribution is 5.88. The second-order valence-electron chi connectivity index (χ2n) is 3.57. The van der Waals surface area contributed by atoms with Crippen molar-refractivity contribution in [1.82, 2.24) is 9.55 Å². The van der Waals surface area contributed by atoms with Gasteiger partial charge in [0.15, 0.2) is 0 Å². The second-order valence-corrected chi connectivity index (χ2v) is 3.57. The van der Waals surface area contributed by atoms with Crippen molar-refractivity contribution in [3.8, 4) is 0 Å². The van der Waals surface area contributed by atoms with E-state index in [1.807, 2.05) is 11.5 Å². The lowest BCUT2D eigenvalue weighted by Gasteiger charge is -2.11. The van der Waals surface area contributed by atoms with Crippen molar-refractivity contribution in [3.05, 3.63) is 27.4 Å².